The molecule has 0 saturated carbocycles. The molecule has 9 heteroatoms. The van der Waals surface area contributed by atoms with Crippen molar-refractivity contribution < 1.29 is 18.6 Å². The van der Waals surface area contributed by atoms with Crippen molar-refractivity contribution in [3.05, 3.63) is 86.4 Å². The summed E-state index contributed by atoms with van der Waals surface area (Å²) in [5, 5.41) is 9.80. The molecule has 3 aromatic rings. The zero-order valence-corrected chi connectivity index (χ0v) is 21.6. The van der Waals surface area contributed by atoms with Crippen LogP contribution >= 0.6 is 23.2 Å². The molecule has 0 aliphatic carbocycles. The third kappa shape index (κ3) is 6.22. The van der Waals surface area contributed by atoms with E-state index in [0.717, 1.165) is 11.7 Å². The predicted octanol–water partition coefficient (Wildman–Crippen LogP) is 6.76. The van der Waals surface area contributed by atoms with Gasteiger partial charge in [-0.2, -0.15) is 0 Å². The van der Waals surface area contributed by atoms with E-state index in [2.05, 4.69) is 24.6 Å². The van der Waals surface area contributed by atoms with Crippen molar-refractivity contribution in [2.24, 2.45) is 0 Å². The Balaban J connectivity index is 2.10. The lowest BCUT2D eigenvalue weighted by Gasteiger charge is -2.22. The third-order valence-corrected chi connectivity index (χ3v) is 7.81. The van der Waals surface area contributed by atoms with E-state index in [9.17, 15) is 13.9 Å². The summed E-state index contributed by atoms with van der Waals surface area (Å²) in [4.78, 5) is 4.68. The molecule has 178 valence electrons. The third-order valence-electron chi connectivity index (χ3n) is 5.53. The minimum absolute atomic E-state index is 0.0331. The maximum absolute atomic E-state index is 13.9. The summed E-state index contributed by atoms with van der Waals surface area (Å²) in [5.74, 6) is -1.06. The summed E-state index contributed by atoms with van der Waals surface area (Å²) >= 11 is 12.2. The van der Waals surface area contributed by atoms with Crippen LogP contribution in [0, 0.1) is 18.6 Å². The second-order valence-corrected chi connectivity index (χ2v) is 15.7. The molecule has 0 aliphatic rings. The molecule has 0 saturated heterocycles. The highest BCUT2D eigenvalue weighted by Gasteiger charge is 2.27. The molecule has 0 bridgehead atoms. The summed E-state index contributed by atoms with van der Waals surface area (Å²) in [6.45, 7) is 9.29. The average Bonchev–Trinajstić information content (AvgIpc) is 3.05. The van der Waals surface area contributed by atoms with Gasteiger partial charge in [-0.25, -0.2) is 13.8 Å². The molecule has 1 aromatic heterocycles. The van der Waals surface area contributed by atoms with Crippen molar-refractivity contribution in [2.75, 3.05) is 6.61 Å². The van der Waals surface area contributed by atoms with E-state index in [-0.39, 0.29) is 23.4 Å². The van der Waals surface area contributed by atoms with Crippen LogP contribution in [0.1, 0.15) is 34.3 Å². The Morgan fingerprint density at radius 2 is 1.58 bits per heavy atom. The topological polar surface area (TPSA) is 47.3 Å². The fourth-order valence-electron chi connectivity index (χ4n) is 3.55. The first-order chi connectivity index (χ1) is 15.5. The van der Waals surface area contributed by atoms with Gasteiger partial charge >= 0.3 is 0 Å². The van der Waals surface area contributed by atoms with E-state index in [1.807, 2.05) is 11.5 Å². The molecule has 3 rings (SSSR count). The van der Waals surface area contributed by atoms with E-state index in [1.165, 1.54) is 24.3 Å². The summed E-state index contributed by atoms with van der Waals surface area (Å²) in [7, 11) is -1.27. The number of hydrogen-bond donors (Lipinski definition) is 1. The lowest BCUT2D eigenvalue weighted by Crippen LogP contribution is -2.22. The van der Waals surface area contributed by atoms with E-state index in [4.69, 9.17) is 27.9 Å². The van der Waals surface area contributed by atoms with E-state index in [1.54, 1.807) is 12.1 Å². The van der Waals surface area contributed by atoms with Gasteiger partial charge < -0.3 is 14.4 Å². The summed E-state index contributed by atoms with van der Waals surface area (Å²) in [6, 6.07) is 9.86. The van der Waals surface area contributed by atoms with E-state index < -0.39 is 25.6 Å². The minimum Gasteiger partial charge on any atom is -0.390 e. The first-order valence-corrected chi connectivity index (χ1v) is 15.1. The number of aliphatic hydroxyl groups excluding tert-OH is 1. The molecule has 0 spiro atoms. The average molecular weight is 513 g/mol. The summed E-state index contributed by atoms with van der Waals surface area (Å²) in [6.07, 6.45) is 0. The summed E-state index contributed by atoms with van der Waals surface area (Å²) < 4.78 is 35.7. The highest BCUT2D eigenvalue weighted by atomic mass is 35.5. The van der Waals surface area contributed by atoms with Gasteiger partial charge in [0.05, 0.1) is 28.3 Å². The molecule has 0 aliphatic heterocycles. The zero-order chi connectivity index (χ0) is 24.3. The van der Waals surface area contributed by atoms with E-state index in [0.29, 0.717) is 29.3 Å². The molecule has 4 nitrogen and oxygen atoms in total. The van der Waals surface area contributed by atoms with Gasteiger partial charge in [0.25, 0.3) is 0 Å². The molecule has 0 atom stereocenters. The van der Waals surface area contributed by atoms with Crippen LogP contribution in [-0.2, 0) is 18.1 Å². The van der Waals surface area contributed by atoms with Crippen LogP contribution in [0.4, 0.5) is 8.78 Å². The molecule has 1 heterocycles. The maximum atomic E-state index is 13.9. The van der Waals surface area contributed by atoms with Crippen molar-refractivity contribution >= 4 is 31.3 Å². The fourth-order valence-corrected chi connectivity index (χ4v) is 4.68. The number of hydrogen-bond acceptors (Lipinski definition) is 3. The van der Waals surface area contributed by atoms with Gasteiger partial charge in [-0.05, 0) is 48.4 Å². The minimum atomic E-state index is -1.27. The quantitative estimate of drug-likeness (QED) is 0.254. The van der Waals surface area contributed by atoms with Crippen molar-refractivity contribution in [1.82, 2.24) is 9.55 Å². The van der Waals surface area contributed by atoms with Gasteiger partial charge in [-0.1, -0.05) is 55.0 Å². The number of rotatable bonds is 9. The van der Waals surface area contributed by atoms with Gasteiger partial charge in [0.15, 0.2) is 0 Å². The Morgan fingerprint density at radius 3 is 2.03 bits per heavy atom. The second kappa shape index (κ2) is 10.7. The molecule has 0 radical (unpaired) electrons. The standard InChI is InChI=1S/C24H28Cl2F2N2O2Si/c1-15-22(13-31)29-24(30(15)14-32-9-10-33(2,3)4)23(16-5-7-20(27)18(25)11-16)17-6-8-21(28)19(26)12-17/h5-8,11-12,23,31H,9-10,13-14H2,1-4H3. The lowest BCUT2D eigenvalue weighted by atomic mass is 9.90. The number of imidazole rings is 1. The lowest BCUT2D eigenvalue weighted by molar-refractivity contribution is 0.0835. The monoisotopic (exact) mass is 512 g/mol. The number of aliphatic hydroxyl groups is 1. The second-order valence-electron chi connectivity index (χ2n) is 9.22. The first kappa shape index (κ1) is 25.8. The van der Waals surface area contributed by atoms with Crippen LogP contribution in [0.15, 0.2) is 36.4 Å². The Hall–Kier alpha value is -1.77. The molecular formula is C24H28Cl2F2N2O2Si. The van der Waals surface area contributed by atoms with Crippen LogP contribution in [-0.4, -0.2) is 29.3 Å². The Kier molecular flexibility index (Phi) is 8.34. The number of nitrogens with zero attached hydrogens (tertiary/aromatic N) is 2. The Labute approximate surface area is 204 Å². The smallest absolute Gasteiger partial charge is 0.141 e. The number of halogens is 4. The van der Waals surface area contributed by atoms with Gasteiger partial charge in [-0.3, -0.25) is 0 Å². The molecule has 1 N–H and O–H groups in total. The van der Waals surface area contributed by atoms with Crippen molar-refractivity contribution in [3.63, 3.8) is 0 Å². The molecule has 0 unspecified atom stereocenters. The predicted molar refractivity (Wildman–Crippen MR) is 131 cm³/mol. The largest absolute Gasteiger partial charge is 0.390 e. The van der Waals surface area contributed by atoms with Crippen molar-refractivity contribution in [1.29, 1.82) is 0 Å². The molecule has 0 fully saturated rings. The number of ether oxygens (including phenoxy) is 1. The van der Waals surface area contributed by atoms with Gasteiger partial charge in [-0.15, -0.1) is 0 Å². The van der Waals surface area contributed by atoms with Crippen LogP contribution in [0.3, 0.4) is 0 Å². The number of aromatic nitrogens is 2. The first-order valence-electron chi connectivity index (χ1n) is 10.7. The molecular weight excluding hydrogens is 485 g/mol. The molecule has 2 aromatic carbocycles. The van der Waals surface area contributed by atoms with Crippen LogP contribution in [0.25, 0.3) is 0 Å². The highest BCUT2D eigenvalue weighted by molar-refractivity contribution is 6.76. The van der Waals surface area contributed by atoms with Gasteiger partial charge in [0.1, 0.15) is 24.2 Å². The fraction of sp³-hybridized carbons (Fsp3) is 0.375. The van der Waals surface area contributed by atoms with Crippen LogP contribution in [0.5, 0.6) is 0 Å². The zero-order valence-electron chi connectivity index (χ0n) is 19.1. The summed E-state index contributed by atoms with van der Waals surface area (Å²) in [5.41, 5.74) is 2.57. The van der Waals surface area contributed by atoms with Gasteiger partial charge in [0.2, 0.25) is 0 Å². The SMILES string of the molecule is Cc1c(CO)nc(C(c2ccc(F)c(Cl)c2)c2ccc(F)c(Cl)c2)n1COCC[Si](C)(C)C. The van der Waals surface area contributed by atoms with Crippen molar-refractivity contribution in [2.45, 2.75) is 51.9 Å². The molecule has 0 amide bonds. The molecule has 33 heavy (non-hydrogen) atoms. The van der Waals surface area contributed by atoms with Gasteiger partial charge in [0, 0.05) is 20.4 Å². The number of benzene rings is 2. The Bertz CT molecular complexity index is 1080. The van der Waals surface area contributed by atoms with E-state index >= 15 is 0 Å². The Morgan fingerprint density at radius 1 is 1.03 bits per heavy atom. The van der Waals surface area contributed by atoms with Crippen LogP contribution < -0.4 is 0 Å². The highest BCUT2D eigenvalue weighted by Crippen LogP contribution is 2.36. The maximum Gasteiger partial charge on any atom is 0.141 e. The van der Waals surface area contributed by atoms with Crippen LogP contribution in [0.2, 0.25) is 35.7 Å². The van der Waals surface area contributed by atoms with Crippen molar-refractivity contribution in [3.8, 4) is 0 Å². The normalized spacial score (nSPS) is 12.1.